The van der Waals surface area contributed by atoms with Crippen molar-refractivity contribution in [2.24, 2.45) is 5.92 Å². The van der Waals surface area contributed by atoms with E-state index in [1.807, 2.05) is 10.3 Å². The van der Waals surface area contributed by atoms with Gasteiger partial charge in [-0.15, -0.1) is 11.3 Å². The summed E-state index contributed by atoms with van der Waals surface area (Å²) in [6, 6.07) is 5.14. The first-order valence-electron chi connectivity index (χ1n) is 10.9. The summed E-state index contributed by atoms with van der Waals surface area (Å²) in [6.45, 7) is 8.96. The Morgan fingerprint density at radius 1 is 1.26 bits per heavy atom. The smallest absolute Gasteiger partial charge is 0.223 e. The minimum Gasteiger partial charge on any atom is -0.485 e. The molecule has 1 amide bonds. The van der Waals surface area contributed by atoms with Gasteiger partial charge in [-0.2, -0.15) is 0 Å². The van der Waals surface area contributed by atoms with E-state index in [1.54, 1.807) is 18.2 Å². The number of piperidine rings is 1. The third-order valence-corrected chi connectivity index (χ3v) is 6.69. The van der Waals surface area contributed by atoms with Crippen molar-refractivity contribution in [3.05, 3.63) is 44.3 Å². The van der Waals surface area contributed by atoms with E-state index in [1.165, 1.54) is 30.6 Å². The van der Waals surface area contributed by atoms with E-state index in [0.717, 1.165) is 36.9 Å². The fourth-order valence-electron chi connectivity index (χ4n) is 3.63. The fraction of sp³-hybridized carbons (Fsp3) is 0.565. The van der Waals surface area contributed by atoms with Crippen molar-refractivity contribution in [3.8, 4) is 5.75 Å². The zero-order chi connectivity index (χ0) is 22.2. The topological polar surface area (TPSA) is 45.7 Å². The van der Waals surface area contributed by atoms with Crippen molar-refractivity contribution in [1.29, 1.82) is 0 Å². The van der Waals surface area contributed by atoms with E-state index in [4.69, 9.17) is 27.9 Å². The molecule has 1 fully saturated rings. The van der Waals surface area contributed by atoms with Crippen LogP contribution in [0, 0.1) is 5.92 Å². The minimum absolute atomic E-state index is 0.198. The molecule has 0 N–H and O–H groups in total. The Labute approximate surface area is 199 Å². The maximum Gasteiger partial charge on any atom is 0.223 e. The van der Waals surface area contributed by atoms with Crippen LogP contribution in [0.1, 0.15) is 50.2 Å². The molecule has 1 saturated heterocycles. The molecule has 0 bridgehead atoms. The molecule has 0 atom stereocenters. The third kappa shape index (κ3) is 7.94. The van der Waals surface area contributed by atoms with Gasteiger partial charge in [0.05, 0.1) is 17.3 Å². The molecular weight excluding hydrogens is 453 g/mol. The molecule has 1 aromatic carbocycles. The molecule has 1 aromatic heterocycles. The Bertz CT molecular complexity index is 853. The van der Waals surface area contributed by atoms with Gasteiger partial charge in [-0.25, -0.2) is 4.98 Å². The Kier molecular flexibility index (Phi) is 9.45. The van der Waals surface area contributed by atoms with Crippen molar-refractivity contribution < 1.29 is 9.53 Å². The molecule has 1 aliphatic heterocycles. The summed E-state index contributed by atoms with van der Waals surface area (Å²) in [5.74, 6) is 1.08. The highest BCUT2D eigenvalue weighted by molar-refractivity contribution is 7.09. The lowest BCUT2D eigenvalue weighted by molar-refractivity contribution is -0.132. The highest BCUT2D eigenvalue weighted by atomic mass is 35.5. The first kappa shape index (κ1) is 24.3. The van der Waals surface area contributed by atoms with Crippen LogP contribution in [0.2, 0.25) is 10.0 Å². The van der Waals surface area contributed by atoms with Crippen molar-refractivity contribution in [3.63, 3.8) is 0 Å². The predicted octanol–water partition coefficient (Wildman–Crippen LogP) is 5.89. The molecular formula is C23H31Cl2N3O2S. The number of nitrogens with zero attached hydrogens (tertiary/aromatic N) is 3. The van der Waals surface area contributed by atoms with Crippen LogP contribution in [0.15, 0.2) is 23.6 Å². The average molecular weight is 484 g/mol. The highest BCUT2D eigenvalue weighted by Crippen LogP contribution is 2.28. The summed E-state index contributed by atoms with van der Waals surface area (Å²) in [7, 11) is 0. The SMILES string of the molecule is CC(C)CC(=O)N(CCN1CCCCC1)Cc1csc(COc2cc(Cl)ccc2Cl)n1. The van der Waals surface area contributed by atoms with Gasteiger partial charge in [0.15, 0.2) is 0 Å². The molecule has 8 heteroatoms. The molecule has 31 heavy (non-hydrogen) atoms. The van der Waals surface area contributed by atoms with Crippen LogP contribution in [0.5, 0.6) is 5.75 Å². The summed E-state index contributed by atoms with van der Waals surface area (Å²) in [5, 5.41) is 3.95. The number of amides is 1. The molecule has 170 valence electrons. The van der Waals surface area contributed by atoms with Gasteiger partial charge in [-0.05, 0) is 44.0 Å². The van der Waals surface area contributed by atoms with E-state index in [-0.39, 0.29) is 5.91 Å². The first-order valence-corrected chi connectivity index (χ1v) is 12.6. The van der Waals surface area contributed by atoms with Gasteiger partial charge < -0.3 is 14.5 Å². The van der Waals surface area contributed by atoms with Crippen molar-refractivity contribution in [2.45, 2.75) is 52.7 Å². The van der Waals surface area contributed by atoms with Crippen LogP contribution < -0.4 is 4.74 Å². The largest absolute Gasteiger partial charge is 0.485 e. The second-order valence-corrected chi connectivity index (χ2v) is 10.2. The fourth-order valence-corrected chi connectivity index (χ4v) is 4.66. The Morgan fingerprint density at radius 2 is 2.03 bits per heavy atom. The lowest BCUT2D eigenvalue weighted by Gasteiger charge is -2.30. The van der Waals surface area contributed by atoms with Gasteiger partial charge in [-0.1, -0.05) is 43.5 Å². The maximum atomic E-state index is 12.8. The standard InChI is InChI=1S/C23H31Cl2N3O2S/c1-17(2)12-23(29)28(11-10-27-8-4-3-5-9-27)14-19-16-31-22(26-19)15-30-21-13-18(24)6-7-20(21)25/h6-7,13,16-17H,3-5,8-12,14-15H2,1-2H3. The number of hydrogen-bond donors (Lipinski definition) is 0. The van der Waals surface area contributed by atoms with Crippen LogP contribution in [0.3, 0.4) is 0 Å². The second-order valence-electron chi connectivity index (χ2n) is 8.41. The van der Waals surface area contributed by atoms with Gasteiger partial charge in [0.1, 0.15) is 17.4 Å². The lowest BCUT2D eigenvalue weighted by Crippen LogP contribution is -2.40. The normalized spacial score (nSPS) is 14.7. The third-order valence-electron chi connectivity index (χ3n) is 5.27. The number of ether oxygens (including phenoxy) is 1. The minimum atomic E-state index is 0.198. The van der Waals surface area contributed by atoms with Gasteiger partial charge in [0.2, 0.25) is 5.91 Å². The second kappa shape index (κ2) is 12.0. The Balaban J connectivity index is 1.58. The van der Waals surface area contributed by atoms with Gasteiger partial charge in [0.25, 0.3) is 0 Å². The van der Waals surface area contributed by atoms with E-state index in [2.05, 4.69) is 23.7 Å². The number of benzene rings is 1. The van der Waals surface area contributed by atoms with Crippen LogP contribution in [0.4, 0.5) is 0 Å². The quantitative estimate of drug-likeness (QED) is 0.422. The molecule has 0 spiro atoms. The molecule has 1 aliphatic rings. The molecule has 0 aliphatic carbocycles. The Hall–Kier alpha value is -1.34. The van der Waals surface area contributed by atoms with Crippen molar-refractivity contribution in [1.82, 2.24) is 14.8 Å². The van der Waals surface area contributed by atoms with Gasteiger partial charge >= 0.3 is 0 Å². The summed E-state index contributed by atoms with van der Waals surface area (Å²) in [6.07, 6.45) is 4.39. The number of halogens is 2. The molecule has 2 aromatic rings. The molecule has 0 unspecified atom stereocenters. The van der Waals surface area contributed by atoms with Crippen LogP contribution in [-0.2, 0) is 17.9 Å². The van der Waals surface area contributed by atoms with E-state index >= 15 is 0 Å². The highest BCUT2D eigenvalue weighted by Gasteiger charge is 2.19. The lowest BCUT2D eigenvalue weighted by atomic mass is 10.1. The van der Waals surface area contributed by atoms with Crippen LogP contribution in [0.25, 0.3) is 0 Å². The summed E-state index contributed by atoms with van der Waals surface area (Å²) in [5.41, 5.74) is 0.900. The molecule has 0 radical (unpaired) electrons. The number of rotatable bonds is 10. The molecule has 3 rings (SSSR count). The van der Waals surface area contributed by atoms with Crippen molar-refractivity contribution in [2.75, 3.05) is 26.2 Å². The predicted molar refractivity (Wildman–Crippen MR) is 128 cm³/mol. The van der Waals surface area contributed by atoms with E-state index < -0.39 is 0 Å². The molecule has 0 saturated carbocycles. The van der Waals surface area contributed by atoms with E-state index in [0.29, 0.717) is 41.3 Å². The molecule has 2 heterocycles. The zero-order valence-corrected chi connectivity index (χ0v) is 20.6. The number of hydrogen-bond acceptors (Lipinski definition) is 5. The van der Waals surface area contributed by atoms with Gasteiger partial charge in [-0.3, -0.25) is 4.79 Å². The summed E-state index contributed by atoms with van der Waals surface area (Å²) < 4.78 is 5.79. The van der Waals surface area contributed by atoms with Gasteiger partial charge in [0, 0.05) is 36.0 Å². The number of carbonyl (C=O) groups excluding carboxylic acids is 1. The number of aromatic nitrogens is 1. The number of carbonyl (C=O) groups is 1. The monoisotopic (exact) mass is 483 g/mol. The first-order chi connectivity index (χ1) is 14.9. The Morgan fingerprint density at radius 3 is 2.77 bits per heavy atom. The zero-order valence-electron chi connectivity index (χ0n) is 18.3. The molecule has 5 nitrogen and oxygen atoms in total. The maximum absolute atomic E-state index is 12.8. The van der Waals surface area contributed by atoms with E-state index in [9.17, 15) is 4.79 Å². The summed E-state index contributed by atoms with van der Waals surface area (Å²) >= 11 is 13.7. The number of likely N-dealkylation sites (tertiary alicyclic amines) is 1. The van der Waals surface area contributed by atoms with Crippen LogP contribution >= 0.6 is 34.5 Å². The van der Waals surface area contributed by atoms with Crippen LogP contribution in [-0.4, -0.2) is 46.9 Å². The van der Waals surface area contributed by atoms with Crippen molar-refractivity contribution >= 4 is 40.4 Å². The average Bonchev–Trinajstić information content (AvgIpc) is 3.19. The number of thiazole rings is 1. The summed E-state index contributed by atoms with van der Waals surface area (Å²) in [4.78, 5) is 22.0.